The number of carbonyl (C=O) groups is 2. The summed E-state index contributed by atoms with van der Waals surface area (Å²) in [4.78, 5) is 25.2. The number of hydrogen-bond acceptors (Lipinski definition) is 4. The Morgan fingerprint density at radius 2 is 1.82 bits per heavy atom. The van der Waals surface area contributed by atoms with Crippen LogP contribution in [0.2, 0.25) is 10.0 Å². The Labute approximate surface area is 173 Å². The third kappa shape index (κ3) is 4.26. The number of carbonyl (C=O) groups excluding carboxylic acids is 2. The van der Waals surface area contributed by atoms with E-state index in [-0.39, 0.29) is 22.6 Å². The molecule has 0 radical (unpaired) electrons. The highest BCUT2D eigenvalue weighted by molar-refractivity contribution is 6.34. The van der Waals surface area contributed by atoms with Gasteiger partial charge in [0.1, 0.15) is 0 Å². The van der Waals surface area contributed by atoms with E-state index in [1.165, 1.54) is 11.1 Å². The van der Waals surface area contributed by atoms with Crippen LogP contribution in [0.15, 0.2) is 53.1 Å². The Kier molecular flexibility index (Phi) is 5.87. The minimum absolute atomic E-state index is 0.184. The minimum atomic E-state index is -0.550. The number of benzene rings is 2. The topological polar surface area (TPSA) is 59.0 Å². The monoisotopic (exact) mass is 416 g/mol. The number of halogens is 2. The maximum Gasteiger partial charge on any atom is 0.339 e. The van der Waals surface area contributed by atoms with E-state index in [1.54, 1.807) is 51.1 Å². The smallest absolute Gasteiger partial charge is 0.339 e. The molecule has 144 valence electrons. The molecule has 0 saturated carbocycles. The molecule has 3 rings (SSSR count). The molecule has 2 aromatic rings. The van der Waals surface area contributed by atoms with Crippen molar-refractivity contribution in [2.45, 2.75) is 26.9 Å². The lowest BCUT2D eigenvalue weighted by Gasteiger charge is -2.14. The van der Waals surface area contributed by atoms with Gasteiger partial charge in [0.05, 0.1) is 33.7 Å². The first kappa shape index (κ1) is 20.1. The van der Waals surface area contributed by atoms with Crippen molar-refractivity contribution in [2.75, 3.05) is 5.01 Å². The highest BCUT2D eigenvalue weighted by atomic mass is 35.5. The van der Waals surface area contributed by atoms with Gasteiger partial charge in [-0.05, 0) is 62.7 Å². The largest absolute Gasteiger partial charge is 0.459 e. The fourth-order valence-corrected chi connectivity index (χ4v) is 2.98. The third-order valence-corrected chi connectivity index (χ3v) is 4.58. The van der Waals surface area contributed by atoms with E-state index in [0.29, 0.717) is 22.0 Å². The van der Waals surface area contributed by atoms with Crippen molar-refractivity contribution in [1.29, 1.82) is 0 Å². The van der Waals surface area contributed by atoms with Crippen LogP contribution in [0, 0.1) is 0 Å². The zero-order valence-electron chi connectivity index (χ0n) is 15.6. The number of anilines is 1. The predicted octanol–water partition coefficient (Wildman–Crippen LogP) is 5.36. The van der Waals surface area contributed by atoms with Crippen molar-refractivity contribution >= 4 is 52.6 Å². The summed E-state index contributed by atoms with van der Waals surface area (Å²) in [6.45, 7) is 5.26. The first-order valence-corrected chi connectivity index (χ1v) is 9.39. The number of amides is 1. The van der Waals surface area contributed by atoms with Crippen molar-refractivity contribution in [1.82, 2.24) is 0 Å². The van der Waals surface area contributed by atoms with E-state index in [4.69, 9.17) is 27.9 Å². The second-order valence-electron chi connectivity index (χ2n) is 6.53. The molecule has 0 atom stereocenters. The van der Waals surface area contributed by atoms with Gasteiger partial charge in [-0.25, -0.2) is 4.79 Å². The lowest BCUT2D eigenvalue weighted by Crippen LogP contribution is -2.22. The predicted molar refractivity (Wildman–Crippen MR) is 112 cm³/mol. The fraction of sp³-hybridized carbons (Fsp3) is 0.190. The molecule has 0 fully saturated rings. The van der Waals surface area contributed by atoms with Crippen LogP contribution >= 0.6 is 23.2 Å². The van der Waals surface area contributed by atoms with Crippen LogP contribution in [0.25, 0.3) is 6.08 Å². The minimum Gasteiger partial charge on any atom is -0.459 e. The summed E-state index contributed by atoms with van der Waals surface area (Å²) < 4.78 is 5.21. The van der Waals surface area contributed by atoms with Crippen LogP contribution in [0.5, 0.6) is 0 Å². The Morgan fingerprint density at radius 1 is 1.14 bits per heavy atom. The van der Waals surface area contributed by atoms with Gasteiger partial charge in [-0.3, -0.25) is 4.79 Å². The maximum absolute atomic E-state index is 12.9. The van der Waals surface area contributed by atoms with Gasteiger partial charge in [0.2, 0.25) is 0 Å². The lowest BCUT2D eigenvalue weighted by molar-refractivity contribution is -0.114. The molecule has 7 heteroatoms. The number of hydrazone groups is 1. The van der Waals surface area contributed by atoms with E-state index >= 15 is 0 Å². The van der Waals surface area contributed by atoms with Crippen molar-refractivity contribution in [3.8, 4) is 0 Å². The maximum atomic E-state index is 12.9. The summed E-state index contributed by atoms with van der Waals surface area (Å²) >= 11 is 12.0. The van der Waals surface area contributed by atoms with Gasteiger partial charge in [0.25, 0.3) is 5.91 Å². The molecule has 0 saturated heterocycles. The van der Waals surface area contributed by atoms with Gasteiger partial charge >= 0.3 is 5.97 Å². The molecule has 1 heterocycles. The summed E-state index contributed by atoms with van der Waals surface area (Å²) in [6.07, 6.45) is 1.47. The van der Waals surface area contributed by atoms with Crippen molar-refractivity contribution in [3.63, 3.8) is 0 Å². The summed E-state index contributed by atoms with van der Waals surface area (Å²) in [5.41, 5.74) is 2.49. The zero-order valence-corrected chi connectivity index (χ0v) is 17.1. The van der Waals surface area contributed by atoms with Crippen molar-refractivity contribution < 1.29 is 14.3 Å². The number of nitrogens with zero attached hydrogens (tertiary/aromatic N) is 2. The molecule has 1 amide bonds. The van der Waals surface area contributed by atoms with E-state index < -0.39 is 5.97 Å². The van der Waals surface area contributed by atoms with Gasteiger partial charge in [0, 0.05) is 5.02 Å². The van der Waals surface area contributed by atoms with Crippen LogP contribution < -0.4 is 5.01 Å². The Balaban J connectivity index is 1.92. The molecule has 2 aromatic carbocycles. The summed E-state index contributed by atoms with van der Waals surface area (Å²) in [5, 5.41) is 6.45. The lowest BCUT2D eigenvalue weighted by atomic mass is 10.1. The molecule has 0 spiro atoms. The molecule has 0 unspecified atom stereocenters. The normalized spacial score (nSPS) is 15.4. The molecule has 5 nitrogen and oxygen atoms in total. The Hall–Kier alpha value is -2.63. The average molecular weight is 417 g/mol. The van der Waals surface area contributed by atoms with E-state index in [0.717, 1.165) is 5.56 Å². The molecule has 0 bridgehead atoms. The molecule has 1 aliphatic heterocycles. The Bertz CT molecular complexity index is 995. The van der Waals surface area contributed by atoms with E-state index in [2.05, 4.69) is 5.10 Å². The number of rotatable bonds is 4. The third-order valence-electron chi connectivity index (χ3n) is 4.00. The summed E-state index contributed by atoms with van der Waals surface area (Å²) in [5.74, 6) is -0.843. The van der Waals surface area contributed by atoms with Crippen LogP contribution in [-0.2, 0) is 9.53 Å². The Morgan fingerprint density at radius 3 is 2.46 bits per heavy atom. The molecule has 28 heavy (non-hydrogen) atoms. The van der Waals surface area contributed by atoms with Gasteiger partial charge in [-0.15, -0.1) is 0 Å². The highest BCUT2D eigenvalue weighted by Gasteiger charge is 2.29. The highest BCUT2D eigenvalue weighted by Crippen LogP contribution is 2.29. The molecular formula is C21H18Cl2N2O3. The van der Waals surface area contributed by atoms with Crippen LogP contribution in [-0.4, -0.2) is 23.7 Å². The quantitative estimate of drug-likeness (QED) is 0.497. The van der Waals surface area contributed by atoms with Gasteiger partial charge in [0.15, 0.2) is 0 Å². The van der Waals surface area contributed by atoms with Gasteiger partial charge < -0.3 is 4.74 Å². The number of ether oxygens (including phenoxy) is 1. The number of esters is 1. The van der Waals surface area contributed by atoms with Crippen molar-refractivity contribution in [2.24, 2.45) is 5.10 Å². The molecule has 0 N–H and O–H groups in total. The van der Waals surface area contributed by atoms with Gasteiger partial charge in [-0.2, -0.15) is 10.1 Å². The second kappa shape index (κ2) is 8.17. The van der Waals surface area contributed by atoms with E-state index in [1.807, 2.05) is 12.1 Å². The SMILES string of the molecule is CC1=NN(c2ccc(Cl)c(C(=O)OC(C)C)c2)C(=O)/C1=C\c1ccc(Cl)cc1. The van der Waals surface area contributed by atoms with Crippen molar-refractivity contribution in [3.05, 3.63) is 69.2 Å². The first-order valence-electron chi connectivity index (χ1n) is 8.64. The van der Waals surface area contributed by atoms with Crippen LogP contribution in [0.1, 0.15) is 36.7 Å². The average Bonchev–Trinajstić information content (AvgIpc) is 2.91. The van der Waals surface area contributed by atoms with Crippen LogP contribution in [0.3, 0.4) is 0 Å². The van der Waals surface area contributed by atoms with Gasteiger partial charge in [-0.1, -0.05) is 35.3 Å². The second-order valence-corrected chi connectivity index (χ2v) is 7.37. The van der Waals surface area contributed by atoms with E-state index in [9.17, 15) is 9.59 Å². The zero-order chi connectivity index (χ0) is 20.4. The molecule has 1 aliphatic rings. The first-order chi connectivity index (χ1) is 13.3. The fourth-order valence-electron chi connectivity index (χ4n) is 2.66. The molecular weight excluding hydrogens is 399 g/mol. The van der Waals surface area contributed by atoms with Crippen LogP contribution in [0.4, 0.5) is 5.69 Å². The molecule has 0 aliphatic carbocycles. The molecule has 0 aromatic heterocycles. The standard InChI is InChI=1S/C21H18Cl2N2O3/c1-12(2)28-21(27)18-11-16(8-9-19(18)23)25-20(26)17(13(3)24-25)10-14-4-6-15(22)7-5-14/h4-12H,1-3H3/b17-10-. The number of hydrogen-bond donors (Lipinski definition) is 0. The summed E-state index contributed by atoms with van der Waals surface area (Å²) in [7, 11) is 0. The summed E-state index contributed by atoms with van der Waals surface area (Å²) in [6, 6.07) is 11.8.